The summed E-state index contributed by atoms with van der Waals surface area (Å²) in [6.07, 6.45) is 1.55. The summed E-state index contributed by atoms with van der Waals surface area (Å²) in [7, 11) is 0. The van der Waals surface area contributed by atoms with E-state index in [0.717, 1.165) is 5.56 Å². The Kier molecular flexibility index (Phi) is 4.03. The molecule has 1 aromatic carbocycles. The molecule has 0 atom stereocenters. The molecule has 1 heterocycles. The monoisotopic (exact) mass is 307 g/mol. The third-order valence-electron chi connectivity index (χ3n) is 2.93. The van der Waals surface area contributed by atoms with Gasteiger partial charge in [-0.2, -0.15) is 5.26 Å². The topological polar surface area (TPSA) is 71.8 Å². The zero-order valence-electron chi connectivity index (χ0n) is 10.7. The van der Waals surface area contributed by atoms with E-state index in [0.29, 0.717) is 22.3 Å². The number of Topliss-reactive ketones (excluding diaryl/α,β-unsaturated/α-hetero) is 1. The number of carbonyl (C=O) groups excluding carboxylic acids is 1. The largest absolute Gasteiger partial charge is 0.396 e. The number of nitriles is 1. The highest BCUT2D eigenvalue weighted by Crippen LogP contribution is 2.25. The van der Waals surface area contributed by atoms with Crippen molar-refractivity contribution in [2.24, 2.45) is 0 Å². The van der Waals surface area contributed by atoms with E-state index in [1.54, 1.807) is 29.0 Å². The molecule has 0 aliphatic heterocycles. The molecule has 0 saturated carbocycles. The average molecular weight is 308 g/mol. The van der Waals surface area contributed by atoms with E-state index in [9.17, 15) is 4.79 Å². The number of rotatable bonds is 3. The molecule has 0 spiro atoms. The number of carbonyl (C=O) groups is 1. The van der Waals surface area contributed by atoms with Crippen molar-refractivity contribution in [3.8, 4) is 6.07 Å². The van der Waals surface area contributed by atoms with Gasteiger partial charge in [-0.05, 0) is 17.7 Å². The van der Waals surface area contributed by atoms with E-state index >= 15 is 0 Å². The van der Waals surface area contributed by atoms with E-state index < -0.39 is 0 Å². The lowest BCUT2D eigenvalue weighted by molar-refractivity contribution is 0.101. The second-order valence-corrected chi connectivity index (χ2v) is 5.18. The van der Waals surface area contributed by atoms with Crippen LogP contribution in [-0.4, -0.2) is 10.4 Å². The van der Waals surface area contributed by atoms with Crippen molar-refractivity contribution < 1.29 is 4.79 Å². The van der Waals surface area contributed by atoms with Gasteiger partial charge in [-0.25, -0.2) is 0 Å². The number of nitrogens with two attached hydrogens (primary N) is 1. The number of nitrogens with zero attached hydrogens (tertiary/aromatic N) is 2. The number of ketones is 1. The van der Waals surface area contributed by atoms with Crippen LogP contribution in [0.3, 0.4) is 0 Å². The second kappa shape index (κ2) is 5.58. The Balaban J connectivity index is 2.48. The lowest BCUT2D eigenvalue weighted by Gasteiger charge is -2.09. The average Bonchev–Trinajstić information content (AvgIpc) is 2.69. The maximum atomic E-state index is 11.7. The predicted molar refractivity (Wildman–Crippen MR) is 79.1 cm³/mol. The zero-order valence-corrected chi connectivity index (χ0v) is 12.2. The maximum Gasteiger partial charge on any atom is 0.178 e. The molecule has 2 rings (SSSR count). The molecule has 0 bridgehead atoms. The Labute approximate surface area is 126 Å². The fourth-order valence-electron chi connectivity index (χ4n) is 2.01. The minimum absolute atomic E-state index is 0.199. The van der Waals surface area contributed by atoms with Gasteiger partial charge in [0.25, 0.3) is 0 Å². The van der Waals surface area contributed by atoms with Crippen LogP contribution in [0.15, 0.2) is 24.4 Å². The number of nitrogen functional groups attached to an aromatic ring is 1. The van der Waals surface area contributed by atoms with E-state index in [2.05, 4.69) is 0 Å². The molecular weight excluding hydrogens is 297 g/mol. The first-order valence-electron chi connectivity index (χ1n) is 5.77. The summed E-state index contributed by atoms with van der Waals surface area (Å²) in [5, 5.41) is 10.0. The molecule has 102 valence electrons. The first-order valence-corrected chi connectivity index (χ1v) is 6.53. The molecule has 0 fully saturated rings. The van der Waals surface area contributed by atoms with Crippen LogP contribution in [0, 0.1) is 11.3 Å². The summed E-state index contributed by atoms with van der Waals surface area (Å²) < 4.78 is 1.63. The van der Waals surface area contributed by atoms with Crippen molar-refractivity contribution in [3.05, 3.63) is 51.3 Å². The summed E-state index contributed by atoms with van der Waals surface area (Å²) in [5.41, 5.74) is 7.39. The molecule has 0 saturated heterocycles. The first kappa shape index (κ1) is 14.4. The maximum absolute atomic E-state index is 11.7. The standard InChI is InChI=1S/C14H11Cl2N3O/c1-8(20)14-13(18)10(5-17)7-19(14)6-9-2-3-11(15)4-12(9)16/h2-4,7H,6,18H2,1H3. The van der Waals surface area contributed by atoms with Crippen LogP contribution >= 0.6 is 23.2 Å². The minimum Gasteiger partial charge on any atom is -0.396 e. The van der Waals surface area contributed by atoms with Crippen LogP contribution in [0.25, 0.3) is 0 Å². The third-order valence-corrected chi connectivity index (χ3v) is 3.51. The number of anilines is 1. The molecule has 2 aromatic rings. The minimum atomic E-state index is -0.200. The third kappa shape index (κ3) is 2.64. The first-order chi connectivity index (χ1) is 9.43. The smallest absolute Gasteiger partial charge is 0.178 e. The molecule has 4 nitrogen and oxygen atoms in total. The molecule has 20 heavy (non-hydrogen) atoms. The fraction of sp³-hybridized carbons (Fsp3) is 0.143. The molecule has 0 unspecified atom stereocenters. The van der Waals surface area contributed by atoms with Crippen molar-refractivity contribution in [2.75, 3.05) is 5.73 Å². The molecule has 0 amide bonds. The quantitative estimate of drug-likeness (QED) is 0.882. The van der Waals surface area contributed by atoms with Gasteiger partial charge in [0.2, 0.25) is 0 Å². The summed E-state index contributed by atoms with van der Waals surface area (Å²) in [4.78, 5) is 11.7. The summed E-state index contributed by atoms with van der Waals surface area (Å²) in [6, 6.07) is 7.09. The Bertz CT molecular complexity index is 729. The number of hydrogen-bond donors (Lipinski definition) is 1. The fourth-order valence-corrected chi connectivity index (χ4v) is 2.48. The Hall–Kier alpha value is -1.96. The summed E-state index contributed by atoms with van der Waals surface area (Å²) in [5.74, 6) is -0.200. The van der Waals surface area contributed by atoms with Gasteiger partial charge < -0.3 is 10.3 Å². The van der Waals surface area contributed by atoms with Crippen LogP contribution in [0.4, 0.5) is 5.69 Å². The molecule has 0 aliphatic carbocycles. The Morgan fingerprint density at radius 3 is 2.70 bits per heavy atom. The lowest BCUT2D eigenvalue weighted by Crippen LogP contribution is -2.09. The highest BCUT2D eigenvalue weighted by Gasteiger charge is 2.17. The summed E-state index contributed by atoms with van der Waals surface area (Å²) >= 11 is 12.0. The van der Waals surface area contributed by atoms with Crippen LogP contribution in [0.2, 0.25) is 10.0 Å². The van der Waals surface area contributed by atoms with Gasteiger partial charge >= 0.3 is 0 Å². The number of aromatic nitrogens is 1. The van der Waals surface area contributed by atoms with Gasteiger partial charge in [-0.1, -0.05) is 29.3 Å². The molecule has 2 N–H and O–H groups in total. The van der Waals surface area contributed by atoms with Crippen molar-refractivity contribution >= 4 is 34.7 Å². The van der Waals surface area contributed by atoms with Crippen LogP contribution < -0.4 is 5.73 Å². The highest BCUT2D eigenvalue weighted by molar-refractivity contribution is 6.35. The van der Waals surface area contributed by atoms with Gasteiger partial charge in [0.15, 0.2) is 5.78 Å². The number of benzene rings is 1. The van der Waals surface area contributed by atoms with Gasteiger partial charge in [-0.15, -0.1) is 0 Å². The highest BCUT2D eigenvalue weighted by atomic mass is 35.5. The van der Waals surface area contributed by atoms with Crippen molar-refractivity contribution in [1.29, 1.82) is 5.26 Å². The van der Waals surface area contributed by atoms with Crippen molar-refractivity contribution in [3.63, 3.8) is 0 Å². The van der Waals surface area contributed by atoms with E-state index in [1.807, 2.05) is 6.07 Å². The van der Waals surface area contributed by atoms with Gasteiger partial charge in [0.1, 0.15) is 11.8 Å². The number of hydrogen-bond acceptors (Lipinski definition) is 3. The van der Waals surface area contributed by atoms with Crippen LogP contribution in [0.1, 0.15) is 28.5 Å². The molecule has 0 radical (unpaired) electrons. The van der Waals surface area contributed by atoms with Gasteiger partial charge in [0, 0.05) is 29.7 Å². The Morgan fingerprint density at radius 1 is 1.45 bits per heavy atom. The predicted octanol–water partition coefficient (Wildman–Crippen LogP) is 3.50. The van der Waals surface area contributed by atoms with E-state index in [1.165, 1.54) is 6.92 Å². The number of halogens is 2. The van der Waals surface area contributed by atoms with Gasteiger partial charge in [0.05, 0.1) is 11.3 Å². The molecule has 6 heteroatoms. The second-order valence-electron chi connectivity index (χ2n) is 4.34. The van der Waals surface area contributed by atoms with Crippen LogP contribution in [-0.2, 0) is 6.54 Å². The van der Waals surface area contributed by atoms with E-state index in [-0.39, 0.29) is 17.0 Å². The Morgan fingerprint density at radius 2 is 2.15 bits per heavy atom. The molecule has 1 aromatic heterocycles. The molecule has 0 aliphatic rings. The van der Waals surface area contributed by atoms with E-state index in [4.69, 9.17) is 34.2 Å². The lowest BCUT2D eigenvalue weighted by atomic mass is 10.2. The molecular formula is C14H11Cl2N3O. The normalized spacial score (nSPS) is 10.3. The van der Waals surface area contributed by atoms with Gasteiger partial charge in [-0.3, -0.25) is 4.79 Å². The van der Waals surface area contributed by atoms with Crippen LogP contribution in [0.5, 0.6) is 0 Å². The summed E-state index contributed by atoms with van der Waals surface area (Å²) in [6.45, 7) is 1.75. The zero-order chi connectivity index (χ0) is 14.9. The SMILES string of the molecule is CC(=O)c1c(N)c(C#N)cn1Cc1ccc(Cl)cc1Cl. The van der Waals surface area contributed by atoms with Crippen molar-refractivity contribution in [1.82, 2.24) is 4.57 Å². The van der Waals surface area contributed by atoms with Crippen molar-refractivity contribution in [2.45, 2.75) is 13.5 Å².